The summed E-state index contributed by atoms with van der Waals surface area (Å²) in [5.41, 5.74) is 1.78. The highest BCUT2D eigenvalue weighted by Crippen LogP contribution is 2.32. The number of aryl methyl sites for hydroxylation is 1. The van der Waals surface area contributed by atoms with E-state index in [0.29, 0.717) is 11.6 Å². The highest BCUT2D eigenvalue weighted by atomic mass is 35.5. The minimum atomic E-state index is -0.00715. The second-order valence-electron chi connectivity index (χ2n) is 6.35. The Kier molecular flexibility index (Phi) is 4.21. The average Bonchev–Trinajstić information content (AvgIpc) is 3.32. The fraction of sp³-hybridized carbons (Fsp3) is 0.389. The summed E-state index contributed by atoms with van der Waals surface area (Å²) in [5, 5.41) is 0.675. The zero-order valence-corrected chi connectivity index (χ0v) is 14.8. The van der Waals surface area contributed by atoms with E-state index >= 15 is 0 Å². The Morgan fingerprint density at radius 3 is 3.16 bits per heavy atom. The molecule has 1 N–H and O–H groups in total. The van der Waals surface area contributed by atoms with Crippen LogP contribution >= 0.6 is 11.6 Å². The molecule has 1 aliphatic rings. The molecular formula is C18H20ClN5O. The van der Waals surface area contributed by atoms with Gasteiger partial charge in [-0.15, -0.1) is 0 Å². The highest BCUT2D eigenvalue weighted by molar-refractivity contribution is 6.31. The van der Waals surface area contributed by atoms with Crippen molar-refractivity contribution in [2.45, 2.75) is 38.8 Å². The quantitative estimate of drug-likeness (QED) is 0.778. The summed E-state index contributed by atoms with van der Waals surface area (Å²) in [7, 11) is 0. The Hall–Kier alpha value is -2.34. The third kappa shape index (κ3) is 3.02. The maximum absolute atomic E-state index is 12.8. The smallest absolute Gasteiger partial charge is 0.243 e. The summed E-state index contributed by atoms with van der Waals surface area (Å²) >= 11 is 6.05. The molecule has 1 amide bonds. The number of rotatable bonds is 4. The first-order valence-electron chi connectivity index (χ1n) is 8.60. The summed E-state index contributed by atoms with van der Waals surface area (Å²) in [6, 6.07) is 5.59. The van der Waals surface area contributed by atoms with Crippen LogP contribution in [0.4, 0.5) is 0 Å². The number of fused-ring (bicyclic) bond motifs is 1. The lowest BCUT2D eigenvalue weighted by atomic mass is 10.2. The van der Waals surface area contributed by atoms with E-state index in [0.717, 1.165) is 48.5 Å². The van der Waals surface area contributed by atoms with Crippen LogP contribution in [0.2, 0.25) is 5.02 Å². The molecule has 4 rings (SSSR count). The molecule has 6 nitrogen and oxygen atoms in total. The minimum absolute atomic E-state index is 0.00715. The van der Waals surface area contributed by atoms with Crippen molar-refractivity contribution in [3.05, 3.63) is 47.3 Å². The molecule has 0 radical (unpaired) electrons. The van der Waals surface area contributed by atoms with Gasteiger partial charge in [-0.25, -0.2) is 9.97 Å². The summed E-state index contributed by atoms with van der Waals surface area (Å²) in [4.78, 5) is 27.1. The topological polar surface area (TPSA) is 66.8 Å². The maximum Gasteiger partial charge on any atom is 0.243 e. The van der Waals surface area contributed by atoms with Crippen molar-refractivity contribution in [3.63, 3.8) is 0 Å². The number of benzene rings is 1. The van der Waals surface area contributed by atoms with Crippen molar-refractivity contribution in [2.24, 2.45) is 0 Å². The Labute approximate surface area is 150 Å². The van der Waals surface area contributed by atoms with E-state index in [2.05, 4.69) is 15.0 Å². The van der Waals surface area contributed by atoms with Gasteiger partial charge in [-0.05, 0) is 31.0 Å². The third-order valence-corrected chi connectivity index (χ3v) is 5.01. The molecule has 3 heterocycles. The summed E-state index contributed by atoms with van der Waals surface area (Å²) in [6.45, 7) is 3.13. The molecule has 7 heteroatoms. The van der Waals surface area contributed by atoms with Crippen molar-refractivity contribution >= 4 is 28.5 Å². The number of H-pyrrole nitrogens is 1. The summed E-state index contributed by atoms with van der Waals surface area (Å²) < 4.78 is 1.93. The number of halogens is 1. The van der Waals surface area contributed by atoms with Gasteiger partial charge >= 0.3 is 0 Å². The number of aromatic nitrogens is 4. The van der Waals surface area contributed by atoms with Crippen LogP contribution in [0.3, 0.4) is 0 Å². The van der Waals surface area contributed by atoms with Crippen LogP contribution in [0.25, 0.3) is 11.0 Å². The van der Waals surface area contributed by atoms with Gasteiger partial charge in [0.05, 0.1) is 17.1 Å². The van der Waals surface area contributed by atoms with Crippen LogP contribution in [0.1, 0.15) is 37.5 Å². The van der Waals surface area contributed by atoms with E-state index in [9.17, 15) is 4.79 Å². The predicted molar refractivity (Wildman–Crippen MR) is 96.4 cm³/mol. The number of likely N-dealkylation sites (tertiary alicyclic amines) is 1. The van der Waals surface area contributed by atoms with Gasteiger partial charge in [0.15, 0.2) is 0 Å². The number of nitrogens with zero attached hydrogens (tertiary/aromatic N) is 4. The Bertz CT molecular complexity index is 915. The fourth-order valence-electron chi connectivity index (χ4n) is 3.54. The molecule has 2 aromatic heterocycles. The normalized spacial score (nSPS) is 17.5. The molecular weight excluding hydrogens is 338 g/mol. The second kappa shape index (κ2) is 6.52. The lowest BCUT2D eigenvalue weighted by Crippen LogP contribution is -2.34. The first-order chi connectivity index (χ1) is 12.2. The molecule has 0 unspecified atom stereocenters. The lowest BCUT2D eigenvalue weighted by Gasteiger charge is -2.23. The van der Waals surface area contributed by atoms with Gasteiger partial charge in [-0.1, -0.05) is 18.5 Å². The van der Waals surface area contributed by atoms with Crippen molar-refractivity contribution in [1.29, 1.82) is 0 Å². The van der Waals surface area contributed by atoms with Gasteiger partial charge in [-0.3, -0.25) is 4.79 Å². The third-order valence-electron chi connectivity index (χ3n) is 4.77. The van der Waals surface area contributed by atoms with E-state index in [-0.39, 0.29) is 11.9 Å². The molecule has 3 aromatic rings. The van der Waals surface area contributed by atoms with Crippen molar-refractivity contribution in [2.75, 3.05) is 6.54 Å². The number of amides is 1. The molecule has 1 aliphatic heterocycles. The molecule has 25 heavy (non-hydrogen) atoms. The number of hydrogen-bond acceptors (Lipinski definition) is 3. The number of carbonyl (C=O) groups is 1. The maximum atomic E-state index is 12.8. The van der Waals surface area contributed by atoms with Crippen LogP contribution in [0, 0.1) is 0 Å². The first-order valence-corrected chi connectivity index (χ1v) is 8.98. The van der Waals surface area contributed by atoms with E-state index in [4.69, 9.17) is 11.6 Å². The zero-order chi connectivity index (χ0) is 17.4. The number of carbonyl (C=O) groups excluding carboxylic acids is 1. The van der Waals surface area contributed by atoms with E-state index in [1.54, 1.807) is 6.20 Å². The standard InChI is InChI=1S/C18H20ClN5O/c1-2-16-20-7-9-23(16)11-17(25)24-8-3-4-15(24)18-21-13-6-5-12(19)10-14(13)22-18/h5-7,9-10,15H,2-4,8,11H2,1H3,(H,21,22)/t15-/m0/s1. The van der Waals surface area contributed by atoms with Crippen molar-refractivity contribution in [3.8, 4) is 0 Å². The fourth-order valence-corrected chi connectivity index (χ4v) is 3.72. The molecule has 1 saturated heterocycles. The summed E-state index contributed by atoms with van der Waals surface area (Å²) in [6.07, 6.45) is 6.33. The number of imidazole rings is 2. The van der Waals surface area contributed by atoms with Gasteiger partial charge in [0.1, 0.15) is 18.2 Å². The van der Waals surface area contributed by atoms with Gasteiger partial charge in [0, 0.05) is 30.4 Å². The van der Waals surface area contributed by atoms with Crippen LogP contribution in [0.5, 0.6) is 0 Å². The highest BCUT2D eigenvalue weighted by Gasteiger charge is 2.32. The number of aromatic amines is 1. The minimum Gasteiger partial charge on any atom is -0.340 e. The monoisotopic (exact) mass is 357 g/mol. The van der Waals surface area contributed by atoms with Crippen molar-refractivity contribution < 1.29 is 4.79 Å². The Morgan fingerprint density at radius 2 is 2.32 bits per heavy atom. The first kappa shape index (κ1) is 16.1. The SMILES string of the molecule is CCc1nccn1CC(=O)N1CCC[C@H]1c1nc2ccc(Cl)cc2[nH]1. The molecule has 0 saturated carbocycles. The lowest BCUT2D eigenvalue weighted by molar-refractivity contribution is -0.132. The van der Waals surface area contributed by atoms with Gasteiger partial charge in [-0.2, -0.15) is 0 Å². The number of nitrogens with one attached hydrogen (secondary N) is 1. The zero-order valence-electron chi connectivity index (χ0n) is 14.1. The van der Waals surface area contributed by atoms with Crippen molar-refractivity contribution in [1.82, 2.24) is 24.4 Å². The van der Waals surface area contributed by atoms with E-state index < -0.39 is 0 Å². The average molecular weight is 358 g/mol. The predicted octanol–water partition coefficient (Wildman–Crippen LogP) is 3.34. The van der Waals surface area contributed by atoms with Crippen LogP contribution < -0.4 is 0 Å². The van der Waals surface area contributed by atoms with Crippen LogP contribution in [-0.2, 0) is 17.8 Å². The molecule has 1 atom stereocenters. The molecule has 0 spiro atoms. The second-order valence-corrected chi connectivity index (χ2v) is 6.79. The number of hydrogen-bond donors (Lipinski definition) is 1. The molecule has 1 aromatic carbocycles. The molecule has 0 aliphatic carbocycles. The Balaban J connectivity index is 1.57. The summed E-state index contributed by atoms with van der Waals surface area (Å²) in [5.74, 6) is 1.88. The van der Waals surface area contributed by atoms with E-state index in [1.165, 1.54) is 0 Å². The largest absolute Gasteiger partial charge is 0.340 e. The van der Waals surface area contributed by atoms with Crippen LogP contribution in [0.15, 0.2) is 30.6 Å². The van der Waals surface area contributed by atoms with Gasteiger partial charge < -0.3 is 14.5 Å². The van der Waals surface area contributed by atoms with Crippen LogP contribution in [-0.4, -0.2) is 36.9 Å². The Morgan fingerprint density at radius 1 is 1.44 bits per heavy atom. The molecule has 0 bridgehead atoms. The van der Waals surface area contributed by atoms with Gasteiger partial charge in [0.2, 0.25) is 5.91 Å². The van der Waals surface area contributed by atoms with Gasteiger partial charge in [0.25, 0.3) is 0 Å². The molecule has 130 valence electrons. The molecule has 1 fully saturated rings. The van der Waals surface area contributed by atoms with E-state index in [1.807, 2.05) is 40.8 Å².